The van der Waals surface area contributed by atoms with Crippen LogP contribution in [0.4, 0.5) is 0 Å². The normalized spacial score (nSPS) is 18.2. The molecule has 0 unspecified atom stereocenters. The van der Waals surface area contributed by atoms with E-state index in [2.05, 4.69) is 18.7 Å². The molecule has 1 aromatic carbocycles. The molecule has 1 N–H and O–H groups in total. The molecule has 1 saturated carbocycles. The van der Waals surface area contributed by atoms with Crippen LogP contribution in [0.2, 0.25) is 0 Å². The van der Waals surface area contributed by atoms with Crippen LogP contribution in [-0.4, -0.2) is 10.7 Å². The lowest BCUT2D eigenvalue weighted by Gasteiger charge is -2.06. The van der Waals surface area contributed by atoms with Gasteiger partial charge in [0.15, 0.2) is 0 Å². The second-order valence-electron chi connectivity index (χ2n) is 3.85. The first kappa shape index (κ1) is 8.52. The Balaban J connectivity index is 2.09. The summed E-state index contributed by atoms with van der Waals surface area (Å²) in [4.78, 5) is 0. The van der Waals surface area contributed by atoms with Gasteiger partial charge in [0.2, 0.25) is 0 Å². The van der Waals surface area contributed by atoms with Crippen molar-refractivity contribution in [3.8, 4) is 0 Å². The third-order valence-electron chi connectivity index (χ3n) is 2.58. The Hall–Kier alpha value is -1.08. The molecule has 68 valence electrons. The first-order valence-electron chi connectivity index (χ1n) is 4.66. The standard InChI is InChI=1S/C12H14O/c1-2-10-3-5-11(6-4-10)9-12(13)7-8-12/h2-6,13H,1,7-9H2. The van der Waals surface area contributed by atoms with E-state index in [-0.39, 0.29) is 5.60 Å². The maximum Gasteiger partial charge on any atom is 0.0690 e. The summed E-state index contributed by atoms with van der Waals surface area (Å²) in [6.45, 7) is 3.70. The fourth-order valence-electron chi connectivity index (χ4n) is 1.47. The van der Waals surface area contributed by atoms with Crippen molar-refractivity contribution in [3.05, 3.63) is 42.0 Å². The quantitative estimate of drug-likeness (QED) is 0.746. The molecule has 0 radical (unpaired) electrons. The van der Waals surface area contributed by atoms with Gasteiger partial charge in [-0.25, -0.2) is 0 Å². The van der Waals surface area contributed by atoms with Gasteiger partial charge in [0.1, 0.15) is 0 Å². The smallest absolute Gasteiger partial charge is 0.0690 e. The van der Waals surface area contributed by atoms with Crippen LogP contribution in [0.5, 0.6) is 0 Å². The van der Waals surface area contributed by atoms with Gasteiger partial charge in [0.05, 0.1) is 5.60 Å². The van der Waals surface area contributed by atoms with Crippen molar-refractivity contribution in [2.75, 3.05) is 0 Å². The van der Waals surface area contributed by atoms with E-state index in [1.807, 2.05) is 18.2 Å². The molecule has 0 aromatic heterocycles. The highest BCUT2D eigenvalue weighted by molar-refractivity contribution is 5.47. The number of rotatable bonds is 3. The molecule has 2 rings (SSSR count). The minimum absolute atomic E-state index is 0.379. The fourth-order valence-corrected chi connectivity index (χ4v) is 1.47. The van der Waals surface area contributed by atoms with Gasteiger partial charge in [-0.15, -0.1) is 0 Å². The molecule has 1 aliphatic rings. The van der Waals surface area contributed by atoms with E-state index >= 15 is 0 Å². The summed E-state index contributed by atoms with van der Waals surface area (Å²) in [5.74, 6) is 0. The van der Waals surface area contributed by atoms with Gasteiger partial charge >= 0.3 is 0 Å². The summed E-state index contributed by atoms with van der Waals surface area (Å²) < 4.78 is 0. The maximum absolute atomic E-state index is 9.69. The molecule has 1 aliphatic carbocycles. The van der Waals surface area contributed by atoms with Crippen LogP contribution in [0.3, 0.4) is 0 Å². The SMILES string of the molecule is C=Cc1ccc(CC2(O)CC2)cc1. The topological polar surface area (TPSA) is 20.2 Å². The Morgan fingerprint density at radius 2 is 1.92 bits per heavy atom. The zero-order valence-corrected chi connectivity index (χ0v) is 7.66. The van der Waals surface area contributed by atoms with E-state index in [9.17, 15) is 5.11 Å². The molecule has 0 aliphatic heterocycles. The predicted molar refractivity (Wildman–Crippen MR) is 54.4 cm³/mol. The molecule has 1 heteroatoms. The van der Waals surface area contributed by atoms with Gasteiger partial charge in [-0.05, 0) is 24.0 Å². The Morgan fingerprint density at radius 3 is 2.38 bits per heavy atom. The van der Waals surface area contributed by atoms with Crippen LogP contribution >= 0.6 is 0 Å². The Bertz CT molecular complexity index is 306. The van der Waals surface area contributed by atoms with Crippen molar-refractivity contribution >= 4 is 6.08 Å². The van der Waals surface area contributed by atoms with Crippen molar-refractivity contribution in [1.29, 1.82) is 0 Å². The largest absolute Gasteiger partial charge is 0.390 e. The van der Waals surface area contributed by atoms with E-state index in [0.717, 1.165) is 24.8 Å². The second-order valence-corrected chi connectivity index (χ2v) is 3.85. The molecule has 13 heavy (non-hydrogen) atoms. The third kappa shape index (κ3) is 1.99. The predicted octanol–water partition coefficient (Wildman–Crippen LogP) is 2.40. The van der Waals surface area contributed by atoms with Crippen LogP contribution in [-0.2, 0) is 6.42 Å². The minimum atomic E-state index is -0.379. The molecule has 1 aromatic rings. The van der Waals surface area contributed by atoms with Crippen LogP contribution in [0.1, 0.15) is 24.0 Å². The van der Waals surface area contributed by atoms with E-state index in [1.165, 1.54) is 5.56 Å². The first-order valence-corrected chi connectivity index (χ1v) is 4.66. The highest BCUT2D eigenvalue weighted by Crippen LogP contribution is 2.38. The van der Waals surface area contributed by atoms with Gasteiger partial charge in [-0.3, -0.25) is 0 Å². The molecule has 0 bridgehead atoms. The zero-order chi connectivity index (χ0) is 9.31. The Morgan fingerprint density at radius 1 is 1.31 bits per heavy atom. The monoisotopic (exact) mass is 174 g/mol. The molecule has 0 amide bonds. The van der Waals surface area contributed by atoms with Crippen molar-refractivity contribution in [3.63, 3.8) is 0 Å². The lowest BCUT2D eigenvalue weighted by atomic mass is 10.0. The van der Waals surface area contributed by atoms with E-state index < -0.39 is 0 Å². The van der Waals surface area contributed by atoms with Gasteiger partial charge in [-0.1, -0.05) is 36.9 Å². The van der Waals surface area contributed by atoms with Crippen molar-refractivity contribution in [1.82, 2.24) is 0 Å². The average Bonchev–Trinajstić information content (AvgIpc) is 2.85. The molecule has 0 heterocycles. The lowest BCUT2D eigenvalue weighted by molar-refractivity contribution is 0.151. The number of hydrogen-bond donors (Lipinski definition) is 1. The molecule has 0 saturated heterocycles. The fraction of sp³-hybridized carbons (Fsp3) is 0.333. The number of hydrogen-bond acceptors (Lipinski definition) is 1. The van der Waals surface area contributed by atoms with Crippen LogP contribution in [0.25, 0.3) is 6.08 Å². The van der Waals surface area contributed by atoms with Crippen molar-refractivity contribution in [2.45, 2.75) is 24.9 Å². The lowest BCUT2D eigenvalue weighted by Crippen LogP contribution is -2.10. The van der Waals surface area contributed by atoms with E-state index in [0.29, 0.717) is 0 Å². The number of aliphatic hydroxyl groups is 1. The molecular weight excluding hydrogens is 160 g/mol. The van der Waals surface area contributed by atoms with Crippen molar-refractivity contribution in [2.24, 2.45) is 0 Å². The summed E-state index contributed by atoms with van der Waals surface area (Å²) in [6, 6.07) is 8.20. The Labute approximate surface area is 78.7 Å². The van der Waals surface area contributed by atoms with E-state index in [1.54, 1.807) is 0 Å². The van der Waals surface area contributed by atoms with Gasteiger partial charge < -0.3 is 5.11 Å². The molecule has 1 nitrogen and oxygen atoms in total. The Kier molecular flexibility index (Phi) is 1.97. The van der Waals surface area contributed by atoms with Crippen LogP contribution in [0, 0.1) is 0 Å². The van der Waals surface area contributed by atoms with E-state index in [4.69, 9.17) is 0 Å². The summed E-state index contributed by atoms with van der Waals surface area (Å²) in [5, 5.41) is 9.69. The minimum Gasteiger partial charge on any atom is -0.390 e. The first-order chi connectivity index (χ1) is 6.22. The third-order valence-corrected chi connectivity index (χ3v) is 2.58. The summed E-state index contributed by atoms with van der Waals surface area (Å²) in [6.07, 6.45) is 4.53. The van der Waals surface area contributed by atoms with Crippen LogP contribution < -0.4 is 0 Å². The highest BCUT2D eigenvalue weighted by Gasteiger charge is 2.39. The van der Waals surface area contributed by atoms with Crippen molar-refractivity contribution < 1.29 is 5.11 Å². The summed E-state index contributed by atoms with van der Waals surface area (Å²) in [5.41, 5.74) is 1.97. The zero-order valence-electron chi connectivity index (χ0n) is 7.66. The summed E-state index contributed by atoms with van der Waals surface area (Å²) in [7, 11) is 0. The maximum atomic E-state index is 9.69. The molecule has 0 atom stereocenters. The van der Waals surface area contributed by atoms with Gasteiger partial charge in [0, 0.05) is 6.42 Å². The molecule has 1 fully saturated rings. The number of benzene rings is 1. The average molecular weight is 174 g/mol. The van der Waals surface area contributed by atoms with Gasteiger partial charge in [-0.2, -0.15) is 0 Å². The highest BCUT2D eigenvalue weighted by atomic mass is 16.3. The van der Waals surface area contributed by atoms with Gasteiger partial charge in [0.25, 0.3) is 0 Å². The second kappa shape index (κ2) is 3.00. The molecule has 0 spiro atoms. The summed E-state index contributed by atoms with van der Waals surface area (Å²) >= 11 is 0. The molecular formula is C12H14O. The van der Waals surface area contributed by atoms with Crippen LogP contribution in [0.15, 0.2) is 30.8 Å².